The van der Waals surface area contributed by atoms with Crippen LogP contribution in [0.5, 0.6) is 5.88 Å². The topological polar surface area (TPSA) is 360 Å². The molecule has 2 saturated heterocycles. The molecular weight excluding hydrogens is 632 g/mol. The van der Waals surface area contributed by atoms with Crippen molar-refractivity contribution in [2.75, 3.05) is 38.9 Å². The molecule has 14 N–H and O–H groups in total. The molecule has 0 spiro atoms. The van der Waals surface area contributed by atoms with Crippen LogP contribution < -0.4 is 21.8 Å². The number of rotatable bonds is 5. The first-order valence-electron chi connectivity index (χ1n) is 12.6. The van der Waals surface area contributed by atoms with E-state index in [2.05, 4.69) is 29.9 Å². The van der Waals surface area contributed by atoms with Crippen molar-refractivity contribution in [1.82, 2.24) is 39.0 Å². The SMILES string of the molecule is C.C.C.CO.COc1nc(N)nc2c1ncn2[C@@H]1O[C@H](CO)C(O)[C@H]1O.Nc1nc2c(ncn2[C@@H]2O[C@H](CO)C(O)[C@H]2O)c(=O)[nH]1.O. The number of methoxy groups -OCH3 is 1. The van der Waals surface area contributed by atoms with Crippen LogP contribution in [-0.2, 0) is 9.47 Å². The standard InChI is InChI=1S/C11H15N5O5.C10H13N5O5.CH4O.3CH4.H2O/c1-20-9-5-8(14-11(12)15-9)16(3-13-5)10-7(19)6(18)4(2-17)21-10;11-10-13-7-4(8(19)14-10)12-2-15(7)9-6(18)5(17)3(1-16)20-9;1-2;;;;/h3-4,6-7,10,17-19H,2H2,1H3,(H2,12,14,15);2-3,5-6,9,16-18H,1H2,(H3,11,13,14,19);2H,1H3;3*1H4;1H2/t4-,6?,7-,10-;3-,5?,6-,9-;;;;;/m11...../s1. The van der Waals surface area contributed by atoms with Gasteiger partial charge in [0, 0.05) is 7.11 Å². The van der Waals surface area contributed by atoms with E-state index in [4.69, 9.17) is 41.0 Å². The molecule has 0 aliphatic carbocycles. The van der Waals surface area contributed by atoms with Crippen molar-refractivity contribution in [3.8, 4) is 5.88 Å². The second kappa shape index (κ2) is 17.7. The summed E-state index contributed by atoms with van der Waals surface area (Å²) in [6.45, 7) is -0.862. The van der Waals surface area contributed by atoms with Gasteiger partial charge in [-0.1, -0.05) is 22.3 Å². The molecule has 6 rings (SSSR count). The fraction of sp³-hybridized carbons (Fsp3) is 0.600. The molecule has 2 aliphatic rings. The van der Waals surface area contributed by atoms with Crippen molar-refractivity contribution in [3.63, 3.8) is 0 Å². The quantitative estimate of drug-likeness (QED) is 0.0961. The number of nitrogens with two attached hydrogens (primary N) is 2. The predicted octanol–water partition coefficient (Wildman–Crippen LogP) is -3.97. The van der Waals surface area contributed by atoms with Gasteiger partial charge in [0.2, 0.25) is 17.8 Å². The summed E-state index contributed by atoms with van der Waals surface area (Å²) in [5.74, 6) is 0.0758. The Hall–Kier alpha value is -4.10. The van der Waals surface area contributed by atoms with Crippen molar-refractivity contribution in [2.24, 2.45) is 0 Å². The monoisotopic (exact) mass is 678 g/mol. The van der Waals surface area contributed by atoms with Gasteiger partial charge >= 0.3 is 0 Å². The molecule has 22 heteroatoms. The number of ether oxygens (including phenoxy) is 3. The average molecular weight is 679 g/mol. The van der Waals surface area contributed by atoms with E-state index in [1.165, 1.54) is 28.9 Å². The van der Waals surface area contributed by atoms with Crippen molar-refractivity contribution in [1.29, 1.82) is 0 Å². The molecule has 2 fully saturated rings. The zero-order valence-electron chi connectivity index (χ0n) is 23.2. The minimum absolute atomic E-state index is 0. The maximum Gasteiger partial charge on any atom is 0.280 e. The highest BCUT2D eigenvalue weighted by Crippen LogP contribution is 2.33. The van der Waals surface area contributed by atoms with Gasteiger partial charge in [-0.25, -0.2) is 9.97 Å². The number of aliphatic hydroxyl groups excluding tert-OH is 7. The number of nitrogen functional groups attached to an aromatic ring is 2. The Balaban J connectivity index is 0.000000792. The smallest absolute Gasteiger partial charge is 0.280 e. The third-order valence-corrected chi connectivity index (χ3v) is 6.63. The van der Waals surface area contributed by atoms with Crippen molar-refractivity contribution < 1.29 is 55.4 Å². The summed E-state index contributed by atoms with van der Waals surface area (Å²) in [6, 6.07) is 0. The lowest BCUT2D eigenvalue weighted by atomic mass is 10.1. The van der Waals surface area contributed by atoms with E-state index in [-0.39, 0.29) is 56.7 Å². The van der Waals surface area contributed by atoms with E-state index in [0.717, 1.165) is 7.11 Å². The largest absolute Gasteiger partial charge is 0.479 e. The van der Waals surface area contributed by atoms with Crippen molar-refractivity contribution in [2.45, 2.75) is 71.4 Å². The third kappa shape index (κ3) is 7.90. The molecule has 8 atom stereocenters. The molecular formula is C25H46N10O12. The number of aromatic nitrogens is 8. The number of H-pyrrole nitrogens is 1. The Kier molecular flexibility index (Phi) is 16.2. The normalized spacial score (nSPS) is 26.0. The van der Waals surface area contributed by atoms with Crippen LogP contribution in [0.4, 0.5) is 11.9 Å². The molecule has 2 aliphatic heterocycles. The molecule has 4 aromatic heterocycles. The maximum absolute atomic E-state index is 11.7. The number of aromatic amines is 1. The van der Waals surface area contributed by atoms with Crippen LogP contribution in [0.3, 0.4) is 0 Å². The minimum atomic E-state index is -1.29. The molecule has 47 heavy (non-hydrogen) atoms. The fourth-order valence-electron chi connectivity index (χ4n) is 4.58. The number of hydrogen-bond donors (Lipinski definition) is 10. The number of nitrogens with one attached hydrogen (secondary N) is 1. The molecule has 268 valence electrons. The van der Waals surface area contributed by atoms with Gasteiger partial charge in [0.1, 0.15) is 36.6 Å². The first-order valence-corrected chi connectivity index (χ1v) is 12.6. The number of anilines is 2. The second-order valence-corrected chi connectivity index (χ2v) is 9.15. The summed E-state index contributed by atoms with van der Waals surface area (Å²) in [7, 11) is 2.42. The summed E-state index contributed by atoms with van der Waals surface area (Å²) < 4.78 is 18.6. The van der Waals surface area contributed by atoms with Gasteiger partial charge < -0.3 is 66.9 Å². The molecule has 2 unspecified atom stereocenters. The van der Waals surface area contributed by atoms with Crippen LogP contribution >= 0.6 is 0 Å². The molecule has 0 saturated carbocycles. The molecule has 4 aromatic rings. The molecule has 0 radical (unpaired) electrons. The van der Waals surface area contributed by atoms with Crippen LogP contribution in [0.2, 0.25) is 0 Å². The highest BCUT2D eigenvalue weighted by molar-refractivity contribution is 5.77. The van der Waals surface area contributed by atoms with Gasteiger partial charge in [0.15, 0.2) is 34.8 Å². The van der Waals surface area contributed by atoms with Crippen molar-refractivity contribution >= 4 is 34.2 Å². The van der Waals surface area contributed by atoms with Crippen LogP contribution in [0.1, 0.15) is 34.7 Å². The van der Waals surface area contributed by atoms with Crippen molar-refractivity contribution in [3.05, 3.63) is 23.0 Å². The summed E-state index contributed by atoms with van der Waals surface area (Å²) in [5.41, 5.74) is 11.4. The summed E-state index contributed by atoms with van der Waals surface area (Å²) in [6.07, 6.45) is -6.11. The third-order valence-electron chi connectivity index (χ3n) is 6.63. The zero-order chi connectivity index (χ0) is 31.6. The number of nitrogens with zero attached hydrogens (tertiary/aromatic N) is 7. The highest BCUT2D eigenvalue weighted by Gasteiger charge is 2.45. The predicted molar refractivity (Wildman–Crippen MR) is 167 cm³/mol. The maximum atomic E-state index is 11.7. The van der Waals surface area contributed by atoms with Gasteiger partial charge in [-0.3, -0.25) is 18.9 Å². The number of fused-ring (bicyclic) bond motifs is 2. The number of imidazole rings is 2. The lowest BCUT2D eigenvalue weighted by Gasteiger charge is -2.16. The Labute approximate surface area is 268 Å². The van der Waals surface area contributed by atoms with Gasteiger partial charge in [0.05, 0.1) is 33.0 Å². The Morgan fingerprint density at radius 1 is 0.809 bits per heavy atom. The van der Waals surface area contributed by atoms with E-state index in [1.807, 2.05) is 0 Å². The Bertz CT molecular complexity index is 1600. The second-order valence-electron chi connectivity index (χ2n) is 9.15. The number of hydrogen-bond acceptors (Lipinski definition) is 18. The first kappa shape index (κ1) is 42.9. The fourth-order valence-corrected chi connectivity index (χ4v) is 4.58. The molecule has 0 aromatic carbocycles. The average Bonchev–Trinajstić information content (AvgIpc) is 3.75. The van der Waals surface area contributed by atoms with Crippen LogP contribution in [0.25, 0.3) is 22.3 Å². The van der Waals surface area contributed by atoms with Gasteiger partial charge in [-0.15, -0.1) is 0 Å². The molecule has 0 amide bonds. The zero-order valence-corrected chi connectivity index (χ0v) is 23.2. The summed E-state index contributed by atoms with van der Waals surface area (Å²) in [5, 5.41) is 64.7. The highest BCUT2D eigenvalue weighted by atomic mass is 16.6. The molecule has 0 bridgehead atoms. The summed E-state index contributed by atoms with van der Waals surface area (Å²) in [4.78, 5) is 33.8. The lowest BCUT2D eigenvalue weighted by molar-refractivity contribution is -0.0511. The van der Waals surface area contributed by atoms with E-state index >= 15 is 0 Å². The van der Waals surface area contributed by atoms with E-state index in [1.54, 1.807) is 0 Å². The first-order chi connectivity index (χ1) is 20.6. The Morgan fingerprint density at radius 3 is 1.68 bits per heavy atom. The Morgan fingerprint density at radius 2 is 1.26 bits per heavy atom. The minimum Gasteiger partial charge on any atom is -0.479 e. The summed E-state index contributed by atoms with van der Waals surface area (Å²) >= 11 is 0. The van der Waals surface area contributed by atoms with Crippen LogP contribution in [0.15, 0.2) is 17.4 Å². The molecule has 22 nitrogen and oxygen atoms in total. The van der Waals surface area contributed by atoms with E-state index < -0.39 is 67.9 Å². The van der Waals surface area contributed by atoms with Gasteiger partial charge in [0.25, 0.3) is 5.56 Å². The van der Waals surface area contributed by atoms with Crippen LogP contribution in [0, 0.1) is 0 Å². The lowest BCUT2D eigenvalue weighted by Crippen LogP contribution is -2.33. The van der Waals surface area contributed by atoms with Gasteiger partial charge in [-0.2, -0.15) is 15.0 Å². The van der Waals surface area contributed by atoms with E-state index in [0.29, 0.717) is 11.2 Å². The van der Waals surface area contributed by atoms with Crippen LogP contribution in [-0.4, -0.2) is 144 Å². The number of aliphatic hydroxyl groups is 7. The van der Waals surface area contributed by atoms with E-state index in [9.17, 15) is 25.2 Å². The molecule has 6 heterocycles. The van der Waals surface area contributed by atoms with Gasteiger partial charge in [-0.05, 0) is 0 Å².